The van der Waals surface area contributed by atoms with E-state index in [1.807, 2.05) is 0 Å². The molecule has 1 nitrogen and oxygen atoms in total. The van der Waals surface area contributed by atoms with Gasteiger partial charge in [-0.25, -0.2) is 0 Å². The topological polar surface area (TPSA) is 12.0 Å². The summed E-state index contributed by atoms with van der Waals surface area (Å²) in [7, 11) is 0. The van der Waals surface area contributed by atoms with E-state index in [2.05, 4.69) is 12.2 Å². The van der Waals surface area contributed by atoms with Crippen molar-refractivity contribution in [3.05, 3.63) is 0 Å². The van der Waals surface area contributed by atoms with Gasteiger partial charge in [0.1, 0.15) is 0 Å². The van der Waals surface area contributed by atoms with Crippen molar-refractivity contribution in [3.8, 4) is 0 Å². The minimum atomic E-state index is -3.97. The second-order valence-electron chi connectivity index (χ2n) is 6.18. The molecule has 18 heavy (non-hydrogen) atoms. The lowest BCUT2D eigenvalue weighted by Gasteiger charge is -2.31. The highest BCUT2D eigenvalue weighted by atomic mass is 19.4. The van der Waals surface area contributed by atoms with Gasteiger partial charge in [-0.1, -0.05) is 13.3 Å². The Kier molecular flexibility index (Phi) is 4.57. The molecule has 2 saturated carbocycles. The van der Waals surface area contributed by atoms with Crippen LogP contribution in [0.5, 0.6) is 0 Å². The van der Waals surface area contributed by atoms with E-state index >= 15 is 0 Å². The second kappa shape index (κ2) is 5.81. The zero-order valence-electron chi connectivity index (χ0n) is 11.1. The monoisotopic (exact) mass is 263 g/mol. The van der Waals surface area contributed by atoms with E-state index in [1.165, 1.54) is 19.3 Å². The van der Waals surface area contributed by atoms with Crippen LogP contribution in [-0.4, -0.2) is 18.8 Å². The zero-order valence-corrected chi connectivity index (χ0v) is 11.1. The molecule has 0 radical (unpaired) electrons. The van der Waals surface area contributed by atoms with Crippen LogP contribution in [-0.2, 0) is 0 Å². The standard InChI is InChI=1S/C14H24F3N/c1-10-3-2-4-13(10)18-9-11-5-7-12(8-6-11)14(15,16)17/h10-13,18H,2-9H2,1H3. The number of nitrogens with one attached hydrogen (secondary N) is 1. The lowest BCUT2D eigenvalue weighted by atomic mass is 9.81. The molecule has 2 rings (SSSR count). The molecular weight excluding hydrogens is 239 g/mol. The Morgan fingerprint density at radius 3 is 2.17 bits per heavy atom. The molecular formula is C14H24F3N. The molecule has 0 aromatic carbocycles. The van der Waals surface area contributed by atoms with Crippen LogP contribution in [0.25, 0.3) is 0 Å². The molecule has 106 valence electrons. The first-order valence-electron chi connectivity index (χ1n) is 7.27. The lowest BCUT2D eigenvalue weighted by molar-refractivity contribution is -0.183. The number of halogens is 3. The fourth-order valence-corrected chi connectivity index (χ4v) is 3.46. The van der Waals surface area contributed by atoms with Crippen molar-refractivity contribution >= 4 is 0 Å². The third kappa shape index (κ3) is 3.62. The van der Waals surface area contributed by atoms with Gasteiger partial charge in [0.2, 0.25) is 0 Å². The van der Waals surface area contributed by atoms with Crippen LogP contribution in [0.2, 0.25) is 0 Å². The number of hydrogen-bond donors (Lipinski definition) is 1. The summed E-state index contributed by atoms with van der Waals surface area (Å²) in [5, 5.41) is 3.57. The van der Waals surface area contributed by atoms with Gasteiger partial charge in [-0.2, -0.15) is 13.2 Å². The molecule has 0 bridgehead atoms. The third-order valence-corrected chi connectivity index (χ3v) is 4.84. The lowest BCUT2D eigenvalue weighted by Crippen LogP contribution is -2.37. The van der Waals surface area contributed by atoms with E-state index in [1.54, 1.807) is 0 Å². The van der Waals surface area contributed by atoms with Crippen LogP contribution in [0, 0.1) is 17.8 Å². The van der Waals surface area contributed by atoms with E-state index in [4.69, 9.17) is 0 Å². The Morgan fingerprint density at radius 1 is 1.00 bits per heavy atom. The average molecular weight is 263 g/mol. The summed E-state index contributed by atoms with van der Waals surface area (Å²) in [6.07, 6.45) is 1.97. The van der Waals surface area contributed by atoms with Gasteiger partial charge in [0.05, 0.1) is 5.92 Å². The van der Waals surface area contributed by atoms with E-state index < -0.39 is 12.1 Å². The molecule has 2 aliphatic rings. The highest BCUT2D eigenvalue weighted by molar-refractivity contribution is 4.83. The summed E-state index contributed by atoms with van der Waals surface area (Å²) in [5.74, 6) is 0.145. The second-order valence-corrected chi connectivity index (χ2v) is 6.18. The van der Waals surface area contributed by atoms with Crippen molar-refractivity contribution in [3.63, 3.8) is 0 Å². The normalized spacial score (nSPS) is 38.0. The first-order chi connectivity index (χ1) is 8.47. The smallest absolute Gasteiger partial charge is 0.313 e. The summed E-state index contributed by atoms with van der Waals surface area (Å²) < 4.78 is 37.6. The van der Waals surface area contributed by atoms with Crippen molar-refractivity contribution in [1.82, 2.24) is 5.32 Å². The van der Waals surface area contributed by atoms with Crippen molar-refractivity contribution in [2.75, 3.05) is 6.54 Å². The Balaban J connectivity index is 1.67. The van der Waals surface area contributed by atoms with Crippen LogP contribution in [0.4, 0.5) is 13.2 Å². The molecule has 0 amide bonds. The van der Waals surface area contributed by atoms with E-state index in [0.717, 1.165) is 25.3 Å². The fraction of sp³-hybridized carbons (Fsp3) is 1.00. The molecule has 2 fully saturated rings. The average Bonchev–Trinajstić information content (AvgIpc) is 2.72. The van der Waals surface area contributed by atoms with Gasteiger partial charge in [-0.3, -0.25) is 0 Å². The van der Waals surface area contributed by atoms with Gasteiger partial charge in [0.15, 0.2) is 0 Å². The van der Waals surface area contributed by atoms with Gasteiger partial charge in [0.25, 0.3) is 0 Å². The maximum Gasteiger partial charge on any atom is 0.391 e. The quantitative estimate of drug-likeness (QED) is 0.807. The highest BCUT2D eigenvalue weighted by Crippen LogP contribution is 2.39. The molecule has 0 aromatic heterocycles. The largest absolute Gasteiger partial charge is 0.391 e. The van der Waals surface area contributed by atoms with Crippen molar-refractivity contribution < 1.29 is 13.2 Å². The van der Waals surface area contributed by atoms with Gasteiger partial charge < -0.3 is 5.32 Å². The molecule has 2 aliphatic carbocycles. The van der Waals surface area contributed by atoms with Crippen molar-refractivity contribution in [2.45, 2.75) is 64.1 Å². The summed E-state index contributed by atoms with van der Waals surface area (Å²) in [6.45, 7) is 3.19. The maximum absolute atomic E-state index is 12.5. The summed E-state index contributed by atoms with van der Waals surface area (Å²) in [6, 6.07) is 0.602. The van der Waals surface area contributed by atoms with E-state index in [9.17, 15) is 13.2 Å². The van der Waals surface area contributed by atoms with Crippen LogP contribution in [0.3, 0.4) is 0 Å². The Hall–Kier alpha value is -0.250. The Bertz CT molecular complexity index is 256. The molecule has 2 atom stereocenters. The summed E-state index contributed by atoms with van der Waals surface area (Å²) in [4.78, 5) is 0. The third-order valence-electron chi connectivity index (χ3n) is 4.84. The molecule has 1 N–H and O–H groups in total. The SMILES string of the molecule is CC1CCCC1NCC1CCC(C(F)(F)F)CC1. The zero-order chi connectivity index (χ0) is 13.2. The first kappa shape index (κ1) is 14.2. The van der Waals surface area contributed by atoms with Crippen molar-refractivity contribution in [2.24, 2.45) is 17.8 Å². The minimum Gasteiger partial charge on any atom is -0.313 e. The van der Waals surface area contributed by atoms with Gasteiger partial charge in [-0.15, -0.1) is 0 Å². The van der Waals surface area contributed by atoms with Crippen LogP contribution in [0.1, 0.15) is 51.9 Å². The van der Waals surface area contributed by atoms with E-state index in [-0.39, 0.29) is 0 Å². The van der Waals surface area contributed by atoms with Gasteiger partial charge >= 0.3 is 6.18 Å². The molecule has 0 heterocycles. The number of hydrogen-bond acceptors (Lipinski definition) is 1. The highest BCUT2D eigenvalue weighted by Gasteiger charge is 2.41. The van der Waals surface area contributed by atoms with Crippen LogP contribution >= 0.6 is 0 Å². The summed E-state index contributed by atoms with van der Waals surface area (Å²) >= 11 is 0. The van der Waals surface area contributed by atoms with Crippen molar-refractivity contribution in [1.29, 1.82) is 0 Å². The summed E-state index contributed by atoms with van der Waals surface area (Å²) in [5.41, 5.74) is 0. The predicted octanol–water partition coefficient (Wildman–Crippen LogP) is 4.13. The molecule has 0 spiro atoms. The Labute approximate surface area is 108 Å². The first-order valence-corrected chi connectivity index (χ1v) is 7.27. The molecule has 0 aliphatic heterocycles. The molecule has 4 heteroatoms. The maximum atomic E-state index is 12.5. The molecule has 0 saturated heterocycles. The van der Waals surface area contributed by atoms with Gasteiger partial charge in [0, 0.05) is 6.04 Å². The van der Waals surface area contributed by atoms with E-state index in [0.29, 0.717) is 24.8 Å². The van der Waals surface area contributed by atoms with Gasteiger partial charge in [-0.05, 0) is 56.9 Å². The van der Waals surface area contributed by atoms with Crippen LogP contribution in [0.15, 0.2) is 0 Å². The minimum absolute atomic E-state index is 0.329. The number of alkyl halides is 3. The number of rotatable bonds is 3. The fourth-order valence-electron chi connectivity index (χ4n) is 3.46. The molecule has 2 unspecified atom stereocenters. The molecule has 0 aromatic rings. The Morgan fingerprint density at radius 2 is 1.67 bits per heavy atom. The predicted molar refractivity (Wildman–Crippen MR) is 66.3 cm³/mol. The van der Waals surface area contributed by atoms with Crippen LogP contribution < -0.4 is 5.32 Å².